The van der Waals surface area contributed by atoms with Gasteiger partial charge >= 0.3 is 6.09 Å². The number of carbonyl (C=O) groups is 3. The third-order valence-corrected chi connectivity index (χ3v) is 11.8. The van der Waals surface area contributed by atoms with Crippen LogP contribution in [0.2, 0.25) is 0 Å². The number of aliphatic hydroxyl groups excluding tert-OH is 1. The molecule has 4 aliphatic rings. The van der Waals surface area contributed by atoms with Gasteiger partial charge < -0.3 is 38.6 Å². The van der Waals surface area contributed by atoms with E-state index in [0.29, 0.717) is 70.3 Å². The van der Waals surface area contributed by atoms with Crippen LogP contribution in [0, 0.1) is 6.92 Å². The van der Waals surface area contributed by atoms with Crippen LogP contribution in [0.4, 0.5) is 21.9 Å². The molecule has 0 saturated carbocycles. The molecule has 5 aromatic rings. The van der Waals surface area contributed by atoms with Crippen LogP contribution in [0.25, 0.3) is 11.1 Å². The summed E-state index contributed by atoms with van der Waals surface area (Å²) in [6.45, 7) is 2.35. The van der Waals surface area contributed by atoms with Gasteiger partial charge in [0.05, 0.1) is 68.6 Å². The van der Waals surface area contributed by atoms with E-state index in [9.17, 15) is 19.5 Å². The van der Waals surface area contributed by atoms with Crippen molar-refractivity contribution in [1.82, 2.24) is 9.80 Å². The van der Waals surface area contributed by atoms with E-state index >= 15 is 0 Å². The lowest BCUT2D eigenvalue weighted by molar-refractivity contribution is 0.0809. The summed E-state index contributed by atoms with van der Waals surface area (Å²) in [5.41, 5.74) is 8.72. The molecule has 0 aliphatic carbocycles. The lowest BCUT2D eigenvalue weighted by Gasteiger charge is -2.19. The van der Waals surface area contributed by atoms with Gasteiger partial charge in [-0.3, -0.25) is 24.9 Å². The number of ether oxygens (including phenoxy) is 5. The number of anilines is 1. The van der Waals surface area contributed by atoms with Crippen molar-refractivity contribution < 1.29 is 43.2 Å². The van der Waals surface area contributed by atoms with E-state index in [4.69, 9.17) is 28.7 Å². The van der Waals surface area contributed by atoms with Crippen LogP contribution in [0.1, 0.15) is 67.8 Å². The highest BCUT2D eigenvalue weighted by Crippen LogP contribution is 2.41. The van der Waals surface area contributed by atoms with Crippen LogP contribution >= 0.6 is 0 Å². The summed E-state index contributed by atoms with van der Waals surface area (Å²) >= 11 is 0. The summed E-state index contributed by atoms with van der Waals surface area (Å²) in [4.78, 5) is 52.9. The molecule has 9 rings (SSSR count). The zero-order valence-corrected chi connectivity index (χ0v) is 36.2. The maximum atomic E-state index is 14.0. The molecule has 14 nitrogen and oxygen atoms in total. The Bertz CT molecular complexity index is 2760. The minimum absolute atomic E-state index is 0.170. The molecule has 0 radical (unpaired) electrons. The van der Waals surface area contributed by atoms with Gasteiger partial charge in [-0.1, -0.05) is 54.1 Å². The lowest BCUT2D eigenvalue weighted by atomic mass is 10.0. The van der Waals surface area contributed by atoms with E-state index in [2.05, 4.69) is 10.3 Å². The van der Waals surface area contributed by atoms with Crippen molar-refractivity contribution in [3.63, 3.8) is 0 Å². The largest absolute Gasteiger partial charge is 0.497 e. The van der Waals surface area contributed by atoms with Gasteiger partial charge in [0.1, 0.15) is 18.1 Å². The number of methoxy groups -OCH3 is 2. The van der Waals surface area contributed by atoms with Crippen molar-refractivity contribution in [2.75, 3.05) is 32.8 Å². The van der Waals surface area contributed by atoms with E-state index in [1.807, 2.05) is 80.0 Å². The number of nitrogens with zero attached hydrogens (tertiary/aromatic N) is 4. The van der Waals surface area contributed by atoms with Crippen LogP contribution < -0.4 is 24.3 Å². The number of fused-ring (bicyclic) bond motifs is 4. The van der Waals surface area contributed by atoms with E-state index in [0.717, 1.165) is 39.1 Å². The number of benzene rings is 5. The molecule has 65 heavy (non-hydrogen) atoms. The summed E-state index contributed by atoms with van der Waals surface area (Å²) in [6, 6.07) is 29.1. The van der Waals surface area contributed by atoms with Crippen LogP contribution in [0.15, 0.2) is 119 Å². The molecule has 0 aromatic heterocycles. The van der Waals surface area contributed by atoms with E-state index < -0.39 is 6.09 Å². The van der Waals surface area contributed by atoms with E-state index in [1.54, 1.807) is 65.7 Å². The number of aliphatic hydroxyl groups is 1. The SMILES string of the molecule is COc1ccc(C2=CN3C(=O)c4cc(CO)c(OCCCOc5cc6c(cc5OC)C(=O)N5C=C(c7ccc(NC(=O)OCc8ccc(C)cc8)cc7)C[C@H]5C=N6)cc4N=C[C@@H]3C2)cc1. The number of carbonyl (C=O) groups excluding carboxylic acids is 3. The van der Waals surface area contributed by atoms with Crippen LogP contribution in [0.5, 0.6) is 23.0 Å². The summed E-state index contributed by atoms with van der Waals surface area (Å²) in [7, 11) is 3.14. The number of nitrogens with one attached hydrogen (secondary N) is 1. The summed E-state index contributed by atoms with van der Waals surface area (Å²) in [6.07, 6.45) is 8.38. The molecule has 0 unspecified atom stereocenters. The standard InChI is InChI=1S/C51H47N5O9/c1-31-5-7-32(8-6-31)30-65-51(60)54-38-13-9-33(10-14-38)35-19-40-26-53-45-24-48(47(62-3)22-43(45)50(59)56(40)27-35)64-18-4-17-63-46-23-44-42(21-37(46)29-57)49(58)55-28-36(20-39(55)25-52-44)34-11-15-41(61-2)16-12-34/h5-16,21-28,39-40,57H,4,17-20,29-30H2,1-3H3,(H,54,60)/t39-,40-/m0/s1. The predicted molar refractivity (Wildman–Crippen MR) is 247 cm³/mol. The highest BCUT2D eigenvalue weighted by molar-refractivity contribution is 6.06. The second-order valence-electron chi connectivity index (χ2n) is 16.0. The molecule has 4 aliphatic heterocycles. The van der Waals surface area contributed by atoms with Gasteiger partial charge in [-0.2, -0.15) is 0 Å². The first-order chi connectivity index (χ1) is 31.7. The maximum Gasteiger partial charge on any atom is 0.411 e. The molecule has 0 saturated heterocycles. The Morgan fingerprint density at radius 3 is 1.86 bits per heavy atom. The first kappa shape index (κ1) is 42.6. The molecule has 0 bridgehead atoms. The Labute approximate surface area is 376 Å². The minimum atomic E-state index is -0.546. The zero-order valence-electron chi connectivity index (χ0n) is 36.2. The van der Waals surface area contributed by atoms with Gasteiger partial charge in [-0.15, -0.1) is 0 Å². The zero-order chi connectivity index (χ0) is 45.0. The Hall–Kier alpha value is -7.71. The smallest absolute Gasteiger partial charge is 0.411 e. The average molecular weight is 874 g/mol. The molecular formula is C51H47N5O9. The summed E-state index contributed by atoms with van der Waals surface area (Å²) < 4.78 is 28.6. The Morgan fingerprint density at radius 2 is 1.28 bits per heavy atom. The van der Waals surface area contributed by atoms with Crippen molar-refractivity contribution in [3.8, 4) is 23.0 Å². The second-order valence-corrected chi connectivity index (χ2v) is 16.0. The van der Waals surface area contributed by atoms with Crippen LogP contribution in [-0.2, 0) is 18.0 Å². The second kappa shape index (κ2) is 18.6. The summed E-state index contributed by atoms with van der Waals surface area (Å²) in [5, 5.41) is 13.0. The fraction of sp³-hybridized carbons (Fsp3) is 0.235. The predicted octanol–water partition coefficient (Wildman–Crippen LogP) is 9.04. The molecular weight excluding hydrogens is 827 g/mol. The van der Waals surface area contributed by atoms with Gasteiger partial charge in [0.15, 0.2) is 11.5 Å². The molecule has 3 amide bonds. The number of rotatable bonds is 14. The maximum absolute atomic E-state index is 14.0. The van der Waals surface area contributed by atoms with Gasteiger partial charge in [-0.25, -0.2) is 4.79 Å². The fourth-order valence-electron chi connectivity index (χ4n) is 8.18. The number of hydrogen-bond donors (Lipinski definition) is 2. The van der Waals surface area contributed by atoms with E-state index in [1.165, 1.54) is 7.11 Å². The Kier molecular flexibility index (Phi) is 12.2. The van der Waals surface area contributed by atoms with Crippen molar-refractivity contribution in [3.05, 3.63) is 148 Å². The fourth-order valence-corrected chi connectivity index (χ4v) is 8.18. The van der Waals surface area contributed by atoms with Crippen molar-refractivity contribution in [2.45, 2.75) is 51.5 Å². The van der Waals surface area contributed by atoms with Gasteiger partial charge in [0.25, 0.3) is 11.8 Å². The third-order valence-electron chi connectivity index (χ3n) is 11.8. The lowest BCUT2D eigenvalue weighted by Crippen LogP contribution is -2.32. The highest BCUT2D eigenvalue weighted by Gasteiger charge is 2.35. The molecule has 4 heterocycles. The third kappa shape index (κ3) is 9.06. The number of aryl methyl sites for hydroxylation is 1. The van der Waals surface area contributed by atoms with Crippen molar-refractivity contribution in [2.24, 2.45) is 9.98 Å². The normalized spacial score (nSPS) is 16.9. The quantitative estimate of drug-likeness (QED) is 0.104. The first-order valence-corrected chi connectivity index (χ1v) is 21.3. The molecule has 14 heteroatoms. The van der Waals surface area contributed by atoms with Gasteiger partial charge in [0, 0.05) is 67.5 Å². The first-order valence-electron chi connectivity index (χ1n) is 21.3. The highest BCUT2D eigenvalue weighted by atomic mass is 16.5. The monoisotopic (exact) mass is 873 g/mol. The number of hydrogen-bond acceptors (Lipinski definition) is 11. The average Bonchev–Trinajstić information content (AvgIpc) is 3.91. The number of aliphatic imine (C=N–C) groups is 2. The Morgan fingerprint density at radius 1 is 0.708 bits per heavy atom. The molecule has 2 atom stereocenters. The molecule has 330 valence electrons. The molecule has 2 N–H and O–H groups in total. The molecule has 5 aromatic carbocycles. The van der Waals surface area contributed by atoms with Crippen molar-refractivity contribution in [1.29, 1.82) is 0 Å². The number of amides is 3. The summed E-state index contributed by atoms with van der Waals surface area (Å²) in [5.74, 6) is 1.60. The van der Waals surface area contributed by atoms with Crippen LogP contribution in [-0.4, -0.2) is 84.8 Å². The van der Waals surface area contributed by atoms with Crippen LogP contribution in [0.3, 0.4) is 0 Å². The van der Waals surface area contributed by atoms with Gasteiger partial charge in [0.2, 0.25) is 0 Å². The molecule has 0 fully saturated rings. The van der Waals surface area contributed by atoms with Crippen molar-refractivity contribution >= 4 is 58.5 Å². The van der Waals surface area contributed by atoms with E-state index in [-0.39, 0.29) is 50.3 Å². The molecule has 0 spiro atoms. The minimum Gasteiger partial charge on any atom is -0.497 e. The topological polar surface area (TPSA) is 161 Å². The van der Waals surface area contributed by atoms with Gasteiger partial charge in [-0.05, 0) is 71.2 Å². The Balaban J connectivity index is 0.795.